The van der Waals surface area contributed by atoms with Crippen LogP contribution in [0, 0.1) is 11.6 Å². The van der Waals surface area contributed by atoms with Crippen molar-refractivity contribution in [2.75, 3.05) is 26.0 Å². The van der Waals surface area contributed by atoms with Crippen molar-refractivity contribution in [1.29, 1.82) is 0 Å². The number of hydrogen-bond donors (Lipinski definition) is 3. The molecule has 4 aromatic heterocycles. The number of anilines is 1. The van der Waals surface area contributed by atoms with Gasteiger partial charge in [0.2, 0.25) is 0 Å². The second-order valence-corrected chi connectivity index (χ2v) is 9.27. The molecule has 0 spiro atoms. The first-order valence-electron chi connectivity index (χ1n) is 12.0. The number of nitrogens with one attached hydrogen (secondary N) is 3. The molecule has 38 heavy (non-hydrogen) atoms. The summed E-state index contributed by atoms with van der Waals surface area (Å²) in [6, 6.07) is 12.0. The Morgan fingerprint density at radius 1 is 0.947 bits per heavy atom. The van der Waals surface area contributed by atoms with Crippen LogP contribution in [-0.4, -0.2) is 51.3 Å². The minimum absolute atomic E-state index is 0.313. The lowest BCUT2D eigenvalue weighted by Gasteiger charge is -2.13. The van der Waals surface area contributed by atoms with Crippen LogP contribution in [0.15, 0.2) is 61.1 Å². The molecule has 0 saturated carbocycles. The van der Waals surface area contributed by atoms with E-state index in [2.05, 4.69) is 30.5 Å². The second-order valence-electron chi connectivity index (χ2n) is 9.27. The van der Waals surface area contributed by atoms with Crippen LogP contribution in [0.1, 0.15) is 5.56 Å². The van der Waals surface area contributed by atoms with Crippen LogP contribution >= 0.6 is 0 Å². The van der Waals surface area contributed by atoms with Gasteiger partial charge >= 0.3 is 0 Å². The van der Waals surface area contributed by atoms with Crippen molar-refractivity contribution in [3.05, 3.63) is 78.3 Å². The van der Waals surface area contributed by atoms with Gasteiger partial charge in [0.25, 0.3) is 0 Å². The molecule has 4 heterocycles. The fourth-order valence-corrected chi connectivity index (χ4v) is 4.64. The molecule has 8 nitrogen and oxygen atoms in total. The number of hydrogen-bond acceptors (Lipinski definition) is 6. The smallest absolute Gasteiger partial charge is 0.159 e. The summed E-state index contributed by atoms with van der Waals surface area (Å²) in [5.41, 5.74) is 5.95. The van der Waals surface area contributed by atoms with Gasteiger partial charge in [-0.05, 0) is 55.1 Å². The first-order chi connectivity index (χ1) is 18.4. The van der Waals surface area contributed by atoms with E-state index in [1.807, 2.05) is 31.1 Å². The van der Waals surface area contributed by atoms with Gasteiger partial charge in [0.05, 0.1) is 34.0 Å². The Hall–Kier alpha value is -4.70. The molecule has 0 bridgehead atoms. The monoisotopic (exact) mass is 510 g/mol. The number of aromatic nitrogens is 6. The van der Waals surface area contributed by atoms with Gasteiger partial charge < -0.3 is 15.2 Å². The fourth-order valence-electron chi connectivity index (χ4n) is 4.64. The van der Waals surface area contributed by atoms with E-state index in [4.69, 9.17) is 4.98 Å². The molecule has 0 atom stereocenters. The average molecular weight is 511 g/mol. The maximum Gasteiger partial charge on any atom is 0.159 e. The van der Waals surface area contributed by atoms with Crippen molar-refractivity contribution in [2.45, 2.75) is 6.54 Å². The molecular formula is C28H24F2N8. The van der Waals surface area contributed by atoms with E-state index in [0.717, 1.165) is 11.3 Å². The summed E-state index contributed by atoms with van der Waals surface area (Å²) in [5, 5.41) is 10.6. The highest BCUT2D eigenvalue weighted by molar-refractivity contribution is 5.98. The number of fused-ring (bicyclic) bond motifs is 2. The van der Waals surface area contributed by atoms with Crippen molar-refractivity contribution in [1.82, 2.24) is 35.5 Å². The Kier molecular flexibility index (Phi) is 5.80. The lowest BCUT2D eigenvalue weighted by atomic mass is 10.0. The molecule has 10 heteroatoms. The molecule has 0 amide bonds. The molecule has 2 aromatic carbocycles. The van der Waals surface area contributed by atoms with E-state index in [1.54, 1.807) is 43.8 Å². The third-order valence-electron chi connectivity index (χ3n) is 6.46. The first-order valence-corrected chi connectivity index (χ1v) is 12.0. The highest BCUT2D eigenvalue weighted by Crippen LogP contribution is 2.35. The number of nitrogens with zero attached hydrogens (tertiary/aromatic N) is 5. The standard InChI is InChI=1S/C28H24F2N8/c1-31-12-15-8-16(10-18(29)9-15)25-26-22(6-7-33-25)34-28(35-26)27-23-21(36-37-27)5-4-20(24(23)30)17-11-19(38(2)3)14-32-13-17/h4-11,13-14,31H,12H2,1-3H3,(H,34,35)(H,36,37). The van der Waals surface area contributed by atoms with E-state index < -0.39 is 5.82 Å². The maximum absolute atomic E-state index is 16.0. The van der Waals surface area contributed by atoms with E-state index >= 15 is 4.39 Å². The van der Waals surface area contributed by atoms with Crippen LogP contribution in [0.25, 0.3) is 55.8 Å². The predicted octanol–water partition coefficient (Wildman–Crippen LogP) is 5.29. The van der Waals surface area contributed by atoms with Crippen LogP contribution in [-0.2, 0) is 6.54 Å². The molecule has 0 aliphatic carbocycles. The zero-order valence-electron chi connectivity index (χ0n) is 21.0. The third-order valence-corrected chi connectivity index (χ3v) is 6.46. The Morgan fingerprint density at radius 3 is 2.63 bits per heavy atom. The minimum atomic E-state index is -0.426. The summed E-state index contributed by atoms with van der Waals surface area (Å²) in [6.45, 7) is 0.514. The Morgan fingerprint density at radius 2 is 1.82 bits per heavy atom. The number of pyridine rings is 2. The van der Waals surface area contributed by atoms with Crippen molar-refractivity contribution < 1.29 is 8.78 Å². The SMILES string of the molecule is CNCc1cc(F)cc(-c2nccc3[nH]c(-c4n[nH]c5ccc(-c6cncc(N(C)C)c6)c(F)c45)nc23)c1. The van der Waals surface area contributed by atoms with Crippen LogP contribution in [0.3, 0.4) is 0 Å². The molecule has 0 aliphatic heterocycles. The van der Waals surface area contributed by atoms with Crippen LogP contribution in [0.2, 0.25) is 0 Å². The molecule has 0 radical (unpaired) electrons. The summed E-state index contributed by atoms with van der Waals surface area (Å²) in [5.74, 6) is -0.406. The molecule has 190 valence electrons. The van der Waals surface area contributed by atoms with Gasteiger partial charge in [-0.15, -0.1) is 0 Å². The Labute approximate surface area is 216 Å². The molecule has 3 N–H and O–H groups in total. The van der Waals surface area contributed by atoms with Gasteiger partial charge in [0.1, 0.15) is 22.8 Å². The highest BCUT2D eigenvalue weighted by atomic mass is 19.1. The number of rotatable bonds is 6. The summed E-state index contributed by atoms with van der Waals surface area (Å²) < 4.78 is 30.4. The highest BCUT2D eigenvalue weighted by Gasteiger charge is 2.21. The molecule has 0 fully saturated rings. The number of benzene rings is 2. The molecule has 6 aromatic rings. The quantitative estimate of drug-likeness (QED) is 0.282. The maximum atomic E-state index is 16.0. The zero-order chi connectivity index (χ0) is 26.4. The lowest BCUT2D eigenvalue weighted by molar-refractivity contribution is 0.624. The van der Waals surface area contributed by atoms with E-state index in [1.165, 1.54) is 12.1 Å². The Bertz CT molecular complexity index is 1800. The van der Waals surface area contributed by atoms with Gasteiger partial charge in [-0.3, -0.25) is 15.1 Å². The molecule has 6 rings (SSSR count). The molecule has 0 unspecified atom stereocenters. The van der Waals surface area contributed by atoms with Gasteiger partial charge in [0, 0.05) is 49.7 Å². The van der Waals surface area contributed by atoms with Crippen molar-refractivity contribution in [2.24, 2.45) is 0 Å². The summed E-state index contributed by atoms with van der Waals surface area (Å²) in [7, 11) is 5.62. The summed E-state index contributed by atoms with van der Waals surface area (Å²) in [6.07, 6.45) is 5.00. The normalized spacial score (nSPS) is 11.5. The van der Waals surface area contributed by atoms with E-state index in [0.29, 0.717) is 62.4 Å². The van der Waals surface area contributed by atoms with Gasteiger partial charge in [0.15, 0.2) is 5.82 Å². The largest absolute Gasteiger partial charge is 0.376 e. The predicted molar refractivity (Wildman–Crippen MR) is 145 cm³/mol. The van der Waals surface area contributed by atoms with Crippen LogP contribution in [0.5, 0.6) is 0 Å². The number of halogens is 2. The summed E-state index contributed by atoms with van der Waals surface area (Å²) in [4.78, 5) is 18.7. The van der Waals surface area contributed by atoms with E-state index in [-0.39, 0.29) is 5.82 Å². The van der Waals surface area contributed by atoms with E-state index in [9.17, 15) is 4.39 Å². The molecule has 0 aliphatic rings. The van der Waals surface area contributed by atoms with Crippen LogP contribution < -0.4 is 10.2 Å². The number of H-pyrrole nitrogens is 2. The second kappa shape index (κ2) is 9.31. The third kappa shape index (κ3) is 4.04. The van der Waals surface area contributed by atoms with Gasteiger partial charge in [-0.1, -0.05) is 0 Å². The Balaban J connectivity index is 1.49. The minimum Gasteiger partial charge on any atom is -0.376 e. The molecule has 0 saturated heterocycles. The van der Waals surface area contributed by atoms with Crippen molar-refractivity contribution in [3.63, 3.8) is 0 Å². The first kappa shape index (κ1) is 23.7. The average Bonchev–Trinajstić information content (AvgIpc) is 3.53. The fraction of sp³-hybridized carbons (Fsp3) is 0.143. The number of aromatic amines is 2. The van der Waals surface area contributed by atoms with Crippen molar-refractivity contribution >= 4 is 27.6 Å². The van der Waals surface area contributed by atoms with Crippen LogP contribution in [0.4, 0.5) is 14.5 Å². The molecular weight excluding hydrogens is 486 g/mol. The lowest BCUT2D eigenvalue weighted by Crippen LogP contribution is -2.08. The van der Waals surface area contributed by atoms with Gasteiger partial charge in [-0.25, -0.2) is 13.8 Å². The summed E-state index contributed by atoms with van der Waals surface area (Å²) >= 11 is 0. The zero-order valence-corrected chi connectivity index (χ0v) is 21.0. The topological polar surface area (TPSA) is 98.4 Å². The van der Waals surface area contributed by atoms with Gasteiger partial charge in [-0.2, -0.15) is 5.10 Å². The number of imidazole rings is 1. The van der Waals surface area contributed by atoms with Crippen molar-refractivity contribution in [3.8, 4) is 33.9 Å².